The number of benzene rings is 3. The maximum atomic E-state index is 6.42. The van der Waals surface area contributed by atoms with Crippen LogP contribution in [-0.4, -0.2) is 9.78 Å². The summed E-state index contributed by atoms with van der Waals surface area (Å²) < 4.78 is 5.89. The zero-order chi connectivity index (χ0) is 19.1. The van der Waals surface area contributed by atoms with Gasteiger partial charge in [0, 0.05) is 12.1 Å². The Labute approximate surface area is 162 Å². The number of hydrogen-bond acceptors (Lipinski definition) is 2. The number of anilines is 1. The largest absolute Gasteiger partial charge is 0.347 e. The predicted molar refractivity (Wildman–Crippen MR) is 109 cm³/mol. The molecule has 28 heavy (non-hydrogen) atoms. The summed E-state index contributed by atoms with van der Waals surface area (Å²) in [5.41, 5.74) is 7.62. The molecular formula is C23H21N5+2. The third-order valence-electron chi connectivity index (χ3n) is 5.30. The minimum atomic E-state index is -0.161. The molecule has 5 aromatic rings. The van der Waals surface area contributed by atoms with Gasteiger partial charge in [-0.15, -0.1) is 4.68 Å². The first-order valence-electron chi connectivity index (χ1n) is 9.29. The highest BCUT2D eigenvalue weighted by molar-refractivity contribution is 6.02. The predicted octanol–water partition coefficient (Wildman–Crippen LogP) is 2.98. The third-order valence-corrected chi connectivity index (χ3v) is 5.30. The minimum absolute atomic E-state index is 0.161. The second-order valence-electron chi connectivity index (χ2n) is 6.95. The third kappa shape index (κ3) is 2.52. The van der Waals surface area contributed by atoms with Crippen LogP contribution in [0.1, 0.15) is 11.7 Å². The number of fused-ring (bicyclic) bond motifs is 2. The fourth-order valence-electron chi connectivity index (χ4n) is 3.94. The van der Waals surface area contributed by atoms with E-state index in [1.54, 1.807) is 11.0 Å². The van der Waals surface area contributed by atoms with E-state index in [9.17, 15) is 0 Å². The monoisotopic (exact) mass is 367 g/mol. The molecule has 1 unspecified atom stereocenters. The molecule has 0 fully saturated rings. The van der Waals surface area contributed by atoms with Gasteiger partial charge in [-0.05, 0) is 32.7 Å². The van der Waals surface area contributed by atoms with Crippen LogP contribution < -0.4 is 14.9 Å². The Bertz CT molecular complexity index is 1240. The summed E-state index contributed by atoms with van der Waals surface area (Å²) >= 11 is 0. The number of aryl methyl sites for hydroxylation is 1. The summed E-state index contributed by atoms with van der Waals surface area (Å²) in [6.45, 7) is 0. The number of nitrogens with two attached hydrogens (primary N) is 1. The van der Waals surface area contributed by atoms with Crippen molar-refractivity contribution in [3.8, 4) is 0 Å². The number of hydrogen-bond donors (Lipinski definition) is 1. The van der Waals surface area contributed by atoms with Crippen molar-refractivity contribution >= 4 is 27.5 Å². The van der Waals surface area contributed by atoms with Gasteiger partial charge in [-0.1, -0.05) is 54.6 Å². The van der Waals surface area contributed by atoms with Crippen LogP contribution in [0.2, 0.25) is 0 Å². The van der Waals surface area contributed by atoms with E-state index >= 15 is 0 Å². The van der Waals surface area contributed by atoms with Gasteiger partial charge in [0.05, 0.1) is 12.6 Å². The van der Waals surface area contributed by atoms with Gasteiger partial charge >= 0.3 is 12.1 Å². The highest BCUT2D eigenvalue weighted by Crippen LogP contribution is 2.32. The molecule has 3 aromatic carbocycles. The quantitative estimate of drug-likeness (QED) is 0.394. The number of nitrogens with zero attached hydrogens (tertiary/aromatic N) is 4. The molecule has 2 heterocycles. The highest BCUT2D eigenvalue weighted by Gasteiger charge is 2.33. The lowest BCUT2D eigenvalue weighted by molar-refractivity contribution is -0.927. The Kier molecular flexibility index (Phi) is 3.79. The van der Waals surface area contributed by atoms with E-state index in [2.05, 4.69) is 76.7 Å². The molecular weight excluding hydrogens is 346 g/mol. The topological polar surface area (TPSA) is 51.6 Å². The summed E-state index contributed by atoms with van der Waals surface area (Å²) in [4.78, 5) is 0. The fraction of sp³-hybridized carbons (Fsp3) is 0.0870. The van der Waals surface area contributed by atoms with Crippen molar-refractivity contribution in [3.63, 3.8) is 0 Å². The molecule has 2 N–H and O–H groups in total. The van der Waals surface area contributed by atoms with Gasteiger partial charge in [0.15, 0.2) is 12.4 Å². The minimum Gasteiger partial charge on any atom is -0.308 e. The van der Waals surface area contributed by atoms with Crippen LogP contribution in [0.4, 0.5) is 5.95 Å². The molecule has 0 radical (unpaired) electrons. The van der Waals surface area contributed by atoms with Crippen molar-refractivity contribution in [2.24, 2.45) is 7.05 Å². The van der Waals surface area contributed by atoms with E-state index in [-0.39, 0.29) is 6.17 Å². The maximum Gasteiger partial charge on any atom is 0.347 e. The normalized spacial score (nSPS) is 12.5. The zero-order valence-electron chi connectivity index (χ0n) is 15.6. The van der Waals surface area contributed by atoms with Crippen molar-refractivity contribution in [1.82, 2.24) is 9.78 Å². The van der Waals surface area contributed by atoms with Gasteiger partial charge in [-0.2, -0.15) is 9.13 Å². The Morgan fingerprint density at radius 3 is 2.04 bits per heavy atom. The Balaban J connectivity index is 1.94. The molecule has 0 aliphatic heterocycles. The van der Waals surface area contributed by atoms with E-state index in [1.807, 2.05) is 29.8 Å². The molecule has 0 bridgehead atoms. The molecule has 5 nitrogen and oxygen atoms in total. The second-order valence-corrected chi connectivity index (χ2v) is 6.95. The van der Waals surface area contributed by atoms with Crippen molar-refractivity contribution in [2.45, 2.75) is 6.17 Å². The average Bonchev–Trinajstić information content (AvgIpc) is 3.07. The molecule has 0 aliphatic rings. The SMILES string of the molecule is Cn1nc[n+](C(c2c3ccccc3cc3ccccc23)[n+]2ccccc2)c1N. The van der Waals surface area contributed by atoms with E-state index in [0.29, 0.717) is 5.95 Å². The molecule has 5 rings (SSSR count). The van der Waals surface area contributed by atoms with E-state index in [4.69, 9.17) is 5.73 Å². The number of aromatic nitrogens is 4. The van der Waals surface area contributed by atoms with Gasteiger partial charge in [-0.25, -0.2) is 0 Å². The van der Waals surface area contributed by atoms with Gasteiger partial charge in [0.25, 0.3) is 0 Å². The molecule has 0 spiro atoms. The van der Waals surface area contributed by atoms with Crippen LogP contribution >= 0.6 is 0 Å². The number of nitrogen functional groups attached to an aromatic ring is 1. The smallest absolute Gasteiger partial charge is 0.308 e. The van der Waals surface area contributed by atoms with Crippen molar-refractivity contribution in [1.29, 1.82) is 0 Å². The van der Waals surface area contributed by atoms with Crippen molar-refractivity contribution < 1.29 is 9.13 Å². The van der Waals surface area contributed by atoms with Crippen LogP contribution in [0.15, 0.2) is 91.5 Å². The summed E-state index contributed by atoms with van der Waals surface area (Å²) in [5, 5.41) is 9.22. The summed E-state index contributed by atoms with van der Waals surface area (Å²) in [6, 6.07) is 25.4. The van der Waals surface area contributed by atoms with Gasteiger partial charge < -0.3 is 5.73 Å². The van der Waals surface area contributed by atoms with Crippen LogP contribution in [0.5, 0.6) is 0 Å². The molecule has 0 aliphatic carbocycles. The molecule has 0 saturated carbocycles. The second kappa shape index (κ2) is 6.46. The van der Waals surface area contributed by atoms with Crippen molar-refractivity contribution in [3.05, 3.63) is 97.1 Å². The molecule has 136 valence electrons. The lowest BCUT2D eigenvalue weighted by Gasteiger charge is -2.17. The Morgan fingerprint density at radius 2 is 1.46 bits per heavy atom. The lowest BCUT2D eigenvalue weighted by atomic mass is 9.94. The molecule has 5 heteroatoms. The Morgan fingerprint density at radius 1 is 0.857 bits per heavy atom. The van der Waals surface area contributed by atoms with Gasteiger partial charge in [0.2, 0.25) is 6.33 Å². The summed E-state index contributed by atoms with van der Waals surface area (Å²) in [5.74, 6) is 0.596. The maximum absolute atomic E-state index is 6.42. The van der Waals surface area contributed by atoms with Crippen LogP contribution in [0.3, 0.4) is 0 Å². The first-order chi connectivity index (χ1) is 13.7. The first kappa shape index (κ1) is 16.4. The first-order valence-corrected chi connectivity index (χ1v) is 9.29. The molecule has 1 atom stereocenters. The van der Waals surface area contributed by atoms with Crippen LogP contribution in [0.25, 0.3) is 21.5 Å². The molecule has 2 aromatic heterocycles. The van der Waals surface area contributed by atoms with E-state index in [0.717, 1.165) is 0 Å². The summed E-state index contributed by atoms with van der Waals surface area (Å²) in [7, 11) is 1.86. The fourth-order valence-corrected chi connectivity index (χ4v) is 3.94. The lowest BCUT2D eigenvalue weighted by Crippen LogP contribution is -2.58. The highest BCUT2D eigenvalue weighted by atomic mass is 15.4. The molecule has 0 saturated heterocycles. The Hall–Kier alpha value is -3.73. The van der Waals surface area contributed by atoms with Crippen LogP contribution in [0, 0.1) is 0 Å². The number of rotatable bonds is 3. The van der Waals surface area contributed by atoms with Gasteiger partial charge in [-0.3, -0.25) is 0 Å². The van der Waals surface area contributed by atoms with Gasteiger partial charge in [0.1, 0.15) is 0 Å². The van der Waals surface area contributed by atoms with Crippen molar-refractivity contribution in [2.75, 3.05) is 5.73 Å². The zero-order valence-corrected chi connectivity index (χ0v) is 15.6. The standard InChI is InChI=1S/C23H20N5/c1-26-23(24)28(16-25-26)22(27-13-7-2-8-14-27)21-19-11-5-3-9-17(19)15-18-10-4-6-12-20(18)21/h2-16,22,24H,1H3/q+1/p+1. The van der Waals surface area contributed by atoms with Crippen LogP contribution in [-0.2, 0) is 7.05 Å². The van der Waals surface area contributed by atoms with E-state index in [1.165, 1.54) is 27.1 Å². The van der Waals surface area contributed by atoms with E-state index < -0.39 is 0 Å². The molecule has 0 amide bonds. The summed E-state index contributed by atoms with van der Waals surface area (Å²) in [6.07, 6.45) is 5.78. The number of pyridine rings is 1. The average molecular weight is 367 g/mol.